The van der Waals surface area contributed by atoms with Crippen molar-refractivity contribution in [2.75, 3.05) is 6.54 Å². The Morgan fingerprint density at radius 1 is 1.27 bits per heavy atom. The zero-order valence-electron chi connectivity index (χ0n) is 6.83. The predicted molar refractivity (Wildman–Crippen MR) is 50.0 cm³/mol. The fourth-order valence-electron chi connectivity index (χ4n) is 0.842. The van der Waals surface area contributed by atoms with Gasteiger partial charge in [0.25, 0.3) is 0 Å². The summed E-state index contributed by atoms with van der Waals surface area (Å²) < 4.78 is 0. The lowest BCUT2D eigenvalue weighted by molar-refractivity contribution is 1.20. The average Bonchev–Trinajstić information content (AvgIpc) is 2.03. The molecule has 0 fully saturated rings. The molecule has 1 aliphatic rings. The van der Waals surface area contributed by atoms with Gasteiger partial charge in [0.15, 0.2) is 0 Å². The highest BCUT2D eigenvalue weighted by Crippen LogP contribution is 2.00. The van der Waals surface area contributed by atoms with E-state index in [-0.39, 0.29) is 0 Å². The van der Waals surface area contributed by atoms with Crippen LogP contribution in [0.25, 0.3) is 0 Å². The Kier molecular flexibility index (Phi) is 3.39. The fourth-order valence-corrected chi connectivity index (χ4v) is 0.842. The second-order valence-electron chi connectivity index (χ2n) is 2.59. The van der Waals surface area contributed by atoms with Gasteiger partial charge >= 0.3 is 0 Å². The van der Waals surface area contributed by atoms with E-state index in [0.717, 1.165) is 13.0 Å². The van der Waals surface area contributed by atoms with Gasteiger partial charge < -0.3 is 0 Å². The normalized spacial score (nSPS) is 28.6. The van der Waals surface area contributed by atoms with Crippen molar-refractivity contribution in [3.05, 3.63) is 36.0 Å². The van der Waals surface area contributed by atoms with Gasteiger partial charge in [-0.2, -0.15) is 0 Å². The van der Waals surface area contributed by atoms with Crippen LogP contribution in [-0.4, -0.2) is 12.8 Å². The summed E-state index contributed by atoms with van der Waals surface area (Å²) in [6.45, 7) is 2.90. The molecule has 0 saturated heterocycles. The molecule has 0 aromatic carbocycles. The molecule has 0 aromatic rings. The molecule has 1 rings (SSSR count). The van der Waals surface area contributed by atoms with Crippen molar-refractivity contribution in [2.45, 2.75) is 13.3 Å². The molecule has 0 atom stereocenters. The van der Waals surface area contributed by atoms with E-state index in [4.69, 9.17) is 0 Å². The first kappa shape index (κ1) is 7.99. The van der Waals surface area contributed by atoms with Crippen LogP contribution in [0.3, 0.4) is 0 Å². The lowest BCUT2D eigenvalue weighted by Crippen LogP contribution is -1.78. The topological polar surface area (TPSA) is 12.4 Å². The standard InChI is InChI=1S/C10H13N/c1-10-6-4-2-3-5-8-11-9-7-10/h2-5,7,9H,6,8H2,1H3/b4-2-,5-3-,10-7-,11-9?. The van der Waals surface area contributed by atoms with Crippen LogP contribution >= 0.6 is 0 Å². The average molecular weight is 147 g/mol. The van der Waals surface area contributed by atoms with E-state index in [0.29, 0.717) is 0 Å². The third-order valence-corrected chi connectivity index (χ3v) is 1.50. The summed E-state index contributed by atoms with van der Waals surface area (Å²) in [7, 11) is 0. The lowest BCUT2D eigenvalue weighted by Gasteiger charge is -1.92. The van der Waals surface area contributed by atoms with Crippen LogP contribution in [0.1, 0.15) is 13.3 Å². The number of aliphatic imine (C=N–C) groups is 1. The number of hydrogen-bond acceptors (Lipinski definition) is 1. The van der Waals surface area contributed by atoms with Crippen LogP contribution in [0.5, 0.6) is 0 Å². The van der Waals surface area contributed by atoms with Gasteiger partial charge in [-0.3, -0.25) is 4.99 Å². The molecule has 1 heterocycles. The molecule has 0 amide bonds. The summed E-state index contributed by atoms with van der Waals surface area (Å²) in [6.07, 6.45) is 13.3. The van der Waals surface area contributed by atoms with Crippen LogP contribution in [-0.2, 0) is 0 Å². The van der Waals surface area contributed by atoms with Gasteiger partial charge in [-0.15, -0.1) is 0 Å². The Labute approximate surface area is 67.8 Å². The smallest absolute Gasteiger partial charge is 0.0573 e. The van der Waals surface area contributed by atoms with Crippen molar-refractivity contribution in [1.82, 2.24) is 0 Å². The molecule has 0 saturated carbocycles. The molecular formula is C10H13N. The largest absolute Gasteiger partial charge is 0.289 e. The second kappa shape index (κ2) is 4.67. The Morgan fingerprint density at radius 3 is 3.00 bits per heavy atom. The van der Waals surface area contributed by atoms with E-state index in [9.17, 15) is 0 Å². The van der Waals surface area contributed by atoms with E-state index in [1.54, 1.807) is 0 Å². The molecule has 0 aliphatic carbocycles. The molecule has 0 spiro atoms. The van der Waals surface area contributed by atoms with Gasteiger partial charge in [0, 0.05) is 6.21 Å². The highest BCUT2D eigenvalue weighted by Gasteiger charge is 1.82. The molecule has 0 radical (unpaired) electrons. The molecular weight excluding hydrogens is 134 g/mol. The number of hydrogen-bond donors (Lipinski definition) is 0. The zero-order valence-corrected chi connectivity index (χ0v) is 6.83. The minimum Gasteiger partial charge on any atom is -0.289 e. The zero-order chi connectivity index (χ0) is 7.94. The van der Waals surface area contributed by atoms with Crippen LogP contribution in [0.4, 0.5) is 0 Å². The Hall–Kier alpha value is -1.11. The maximum absolute atomic E-state index is 4.16. The minimum atomic E-state index is 0.786. The second-order valence-corrected chi connectivity index (χ2v) is 2.59. The third kappa shape index (κ3) is 3.56. The first-order valence-corrected chi connectivity index (χ1v) is 3.87. The SMILES string of the molecule is C/C1=C/C=NC/C=C\C=C/C1. The van der Waals surface area contributed by atoms with Gasteiger partial charge in [0.2, 0.25) is 0 Å². The first-order chi connectivity index (χ1) is 5.39. The summed E-state index contributed by atoms with van der Waals surface area (Å²) in [5.41, 5.74) is 1.35. The molecule has 0 N–H and O–H groups in total. The summed E-state index contributed by atoms with van der Waals surface area (Å²) in [6, 6.07) is 0. The summed E-state index contributed by atoms with van der Waals surface area (Å²) >= 11 is 0. The van der Waals surface area contributed by atoms with Crippen LogP contribution in [0.15, 0.2) is 40.9 Å². The van der Waals surface area contributed by atoms with E-state index in [2.05, 4.69) is 30.1 Å². The van der Waals surface area contributed by atoms with E-state index in [1.807, 2.05) is 18.4 Å². The van der Waals surface area contributed by atoms with Crippen LogP contribution in [0.2, 0.25) is 0 Å². The first-order valence-electron chi connectivity index (χ1n) is 3.87. The molecule has 1 heteroatoms. The van der Waals surface area contributed by atoms with E-state index < -0.39 is 0 Å². The lowest BCUT2D eigenvalue weighted by atomic mass is 10.2. The summed E-state index contributed by atoms with van der Waals surface area (Å²) in [4.78, 5) is 4.16. The van der Waals surface area contributed by atoms with Crippen LogP contribution in [0, 0.1) is 0 Å². The Morgan fingerprint density at radius 2 is 2.09 bits per heavy atom. The maximum Gasteiger partial charge on any atom is 0.0573 e. The molecule has 1 nitrogen and oxygen atoms in total. The van der Waals surface area contributed by atoms with Gasteiger partial charge in [0.05, 0.1) is 6.54 Å². The highest BCUT2D eigenvalue weighted by molar-refractivity contribution is 5.72. The van der Waals surface area contributed by atoms with Crippen molar-refractivity contribution in [1.29, 1.82) is 0 Å². The fraction of sp³-hybridized carbons (Fsp3) is 0.300. The Balaban J connectivity index is 2.62. The molecule has 0 aromatic heterocycles. The van der Waals surface area contributed by atoms with Gasteiger partial charge in [0.1, 0.15) is 0 Å². The number of rotatable bonds is 0. The van der Waals surface area contributed by atoms with Crippen molar-refractivity contribution in [3.8, 4) is 0 Å². The quantitative estimate of drug-likeness (QED) is 0.499. The minimum absolute atomic E-state index is 0.786. The van der Waals surface area contributed by atoms with Crippen molar-refractivity contribution >= 4 is 6.21 Å². The molecule has 58 valence electrons. The van der Waals surface area contributed by atoms with Gasteiger partial charge in [-0.25, -0.2) is 0 Å². The van der Waals surface area contributed by atoms with Crippen molar-refractivity contribution in [2.24, 2.45) is 4.99 Å². The van der Waals surface area contributed by atoms with Crippen LogP contribution < -0.4 is 0 Å². The number of nitrogens with zero attached hydrogens (tertiary/aromatic N) is 1. The summed E-state index contributed by atoms with van der Waals surface area (Å²) in [5.74, 6) is 0. The van der Waals surface area contributed by atoms with Crippen molar-refractivity contribution < 1.29 is 0 Å². The third-order valence-electron chi connectivity index (χ3n) is 1.50. The number of allylic oxidation sites excluding steroid dienone is 5. The maximum atomic E-state index is 4.16. The molecule has 0 unspecified atom stereocenters. The highest BCUT2D eigenvalue weighted by atomic mass is 14.7. The summed E-state index contributed by atoms with van der Waals surface area (Å²) in [5, 5.41) is 0. The monoisotopic (exact) mass is 147 g/mol. The van der Waals surface area contributed by atoms with Gasteiger partial charge in [-0.05, 0) is 19.4 Å². The van der Waals surface area contributed by atoms with E-state index >= 15 is 0 Å². The molecule has 11 heavy (non-hydrogen) atoms. The van der Waals surface area contributed by atoms with Crippen molar-refractivity contribution in [3.63, 3.8) is 0 Å². The predicted octanol–water partition coefficient (Wildman–Crippen LogP) is 2.52. The van der Waals surface area contributed by atoms with Gasteiger partial charge in [-0.1, -0.05) is 29.9 Å². The van der Waals surface area contributed by atoms with E-state index in [1.165, 1.54) is 5.57 Å². The Bertz CT molecular complexity index is 219. The molecule has 1 aliphatic heterocycles. The molecule has 0 bridgehead atoms.